The van der Waals surface area contributed by atoms with Crippen molar-refractivity contribution in [3.8, 4) is 11.5 Å². The zero-order valence-electron chi connectivity index (χ0n) is 13.9. The van der Waals surface area contributed by atoms with Crippen molar-refractivity contribution in [2.24, 2.45) is 5.73 Å². The second-order valence-electron chi connectivity index (χ2n) is 5.08. The summed E-state index contributed by atoms with van der Waals surface area (Å²) in [5.41, 5.74) is 6.87. The maximum Gasteiger partial charge on any atom is 0.236 e. The summed E-state index contributed by atoms with van der Waals surface area (Å²) in [6, 6.07) is 5.46. The Balaban J connectivity index is 2.55. The molecule has 0 fully saturated rings. The van der Waals surface area contributed by atoms with Crippen molar-refractivity contribution in [3.05, 3.63) is 23.8 Å². The molecule has 124 valence electrons. The molecule has 0 saturated heterocycles. The van der Waals surface area contributed by atoms with Crippen molar-refractivity contribution in [3.63, 3.8) is 0 Å². The Morgan fingerprint density at radius 1 is 1.18 bits per heavy atom. The van der Waals surface area contributed by atoms with Gasteiger partial charge in [-0.2, -0.15) is 0 Å². The van der Waals surface area contributed by atoms with Gasteiger partial charge in [0.15, 0.2) is 11.5 Å². The second kappa shape index (κ2) is 10.1. The summed E-state index contributed by atoms with van der Waals surface area (Å²) in [5, 5.41) is 2.87. The molecule has 1 aromatic carbocycles. The first-order valence-electron chi connectivity index (χ1n) is 8.04. The summed E-state index contributed by atoms with van der Waals surface area (Å²) >= 11 is 0. The number of ether oxygens (including phenoxy) is 2. The van der Waals surface area contributed by atoms with E-state index in [9.17, 15) is 4.79 Å². The Labute approximate surface area is 133 Å². The average Bonchev–Trinajstić information content (AvgIpc) is 2.50. The second-order valence-corrected chi connectivity index (χ2v) is 5.08. The van der Waals surface area contributed by atoms with Gasteiger partial charge in [-0.15, -0.1) is 0 Å². The SMILES string of the molecule is CCCC(N)C(=O)NCCc1ccc(OCC)c(OCC)c1. The topological polar surface area (TPSA) is 73.6 Å². The first-order chi connectivity index (χ1) is 10.6. The number of benzene rings is 1. The van der Waals surface area contributed by atoms with Crippen LogP contribution < -0.4 is 20.5 Å². The molecular weight excluding hydrogens is 280 g/mol. The fraction of sp³-hybridized carbons (Fsp3) is 0.588. The predicted molar refractivity (Wildman–Crippen MR) is 88.4 cm³/mol. The lowest BCUT2D eigenvalue weighted by molar-refractivity contribution is -0.122. The van der Waals surface area contributed by atoms with Crippen molar-refractivity contribution in [2.45, 2.75) is 46.1 Å². The van der Waals surface area contributed by atoms with E-state index in [-0.39, 0.29) is 5.91 Å². The number of carbonyl (C=O) groups is 1. The van der Waals surface area contributed by atoms with Crippen molar-refractivity contribution in [1.82, 2.24) is 5.32 Å². The van der Waals surface area contributed by atoms with Crippen LogP contribution in [0.1, 0.15) is 39.2 Å². The highest BCUT2D eigenvalue weighted by molar-refractivity contribution is 5.81. The number of rotatable bonds is 10. The van der Waals surface area contributed by atoms with Gasteiger partial charge in [0.25, 0.3) is 0 Å². The highest BCUT2D eigenvalue weighted by Crippen LogP contribution is 2.28. The summed E-state index contributed by atoms with van der Waals surface area (Å²) in [7, 11) is 0. The smallest absolute Gasteiger partial charge is 0.236 e. The lowest BCUT2D eigenvalue weighted by Gasteiger charge is -2.13. The van der Waals surface area contributed by atoms with Gasteiger partial charge in [0.05, 0.1) is 19.3 Å². The van der Waals surface area contributed by atoms with Crippen molar-refractivity contribution >= 4 is 5.91 Å². The van der Waals surface area contributed by atoms with Gasteiger partial charge in [-0.3, -0.25) is 4.79 Å². The lowest BCUT2D eigenvalue weighted by Crippen LogP contribution is -2.41. The van der Waals surface area contributed by atoms with Crippen LogP contribution in [-0.2, 0) is 11.2 Å². The Kier molecular flexibility index (Phi) is 8.36. The fourth-order valence-electron chi connectivity index (χ4n) is 2.15. The minimum Gasteiger partial charge on any atom is -0.490 e. The molecule has 0 aromatic heterocycles. The number of carbonyl (C=O) groups excluding carboxylic acids is 1. The van der Waals surface area contributed by atoms with Gasteiger partial charge in [0, 0.05) is 6.54 Å². The van der Waals surface area contributed by atoms with Crippen LogP contribution >= 0.6 is 0 Å². The van der Waals surface area contributed by atoms with Crippen LogP contribution in [0.2, 0.25) is 0 Å². The molecule has 1 rings (SSSR count). The van der Waals surface area contributed by atoms with Crippen molar-refractivity contribution in [2.75, 3.05) is 19.8 Å². The monoisotopic (exact) mass is 308 g/mol. The Bertz CT molecular complexity index is 463. The van der Waals surface area contributed by atoms with E-state index in [0.29, 0.717) is 26.2 Å². The molecule has 22 heavy (non-hydrogen) atoms. The van der Waals surface area contributed by atoms with Crippen LogP contribution in [0.3, 0.4) is 0 Å². The highest BCUT2D eigenvalue weighted by atomic mass is 16.5. The zero-order chi connectivity index (χ0) is 16.4. The van der Waals surface area contributed by atoms with Crippen molar-refractivity contribution in [1.29, 1.82) is 0 Å². The summed E-state index contributed by atoms with van der Waals surface area (Å²) in [4.78, 5) is 11.8. The van der Waals surface area contributed by atoms with Gasteiger partial charge in [0.1, 0.15) is 0 Å². The van der Waals surface area contributed by atoms with E-state index in [4.69, 9.17) is 15.2 Å². The number of nitrogens with two attached hydrogens (primary N) is 1. The van der Waals surface area contributed by atoms with Crippen LogP contribution in [0, 0.1) is 0 Å². The van der Waals surface area contributed by atoms with Crippen LogP contribution in [0.4, 0.5) is 0 Å². The maximum absolute atomic E-state index is 11.8. The van der Waals surface area contributed by atoms with E-state index in [2.05, 4.69) is 5.32 Å². The molecule has 5 heteroatoms. The quantitative estimate of drug-likeness (QED) is 0.695. The van der Waals surface area contributed by atoms with Crippen LogP contribution in [0.15, 0.2) is 18.2 Å². The molecule has 0 radical (unpaired) electrons. The minimum absolute atomic E-state index is 0.0854. The lowest BCUT2D eigenvalue weighted by atomic mass is 10.1. The number of hydrogen-bond donors (Lipinski definition) is 2. The molecular formula is C17H28N2O3. The molecule has 0 saturated carbocycles. The summed E-state index contributed by atoms with van der Waals surface area (Å²) in [6.45, 7) is 7.66. The molecule has 5 nitrogen and oxygen atoms in total. The molecule has 1 amide bonds. The minimum atomic E-state index is -0.413. The molecule has 0 heterocycles. The van der Waals surface area contributed by atoms with E-state index < -0.39 is 6.04 Å². The van der Waals surface area contributed by atoms with Gasteiger partial charge >= 0.3 is 0 Å². The Morgan fingerprint density at radius 2 is 1.86 bits per heavy atom. The fourth-order valence-corrected chi connectivity index (χ4v) is 2.15. The van der Waals surface area contributed by atoms with E-state index in [1.165, 1.54) is 0 Å². The molecule has 3 N–H and O–H groups in total. The number of amides is 1. The normalized spacial score (nSPS) is 11.8. The van der Waals surface area contributed by atoms with Gasteiger partial charge in [-0.1, -0.05) is 19.4 Å². The Morgan fingerprint density at radius 3 is 2.50 bits per heavy atom. The molecule has 1 unspecified atom stereocenters. The number of hydrogen-bond acceptors (Lipinski definition) is 4. The highest BCUT2D eigenvalue weighted by Gasteiger charge is 2.11. The van der Waals surface area contributed by atoms with Crippen LogP contribution in [0.5, 0.6) is 11.5 Å². The third-order valence-electron chi connectivity index (χ3n) is 3.26. The van der Waals surface area contributed by atoms with Crippen LogP contribution in [0.25, 0.3) is 0 Å². The molecule has 0 aliphatic heterocycles. The molecule has 1 atom stereocenters. The average molecular weight is 308 g/mol. The van der Waals surface area contributed by atoms with E-state index in [1.807, 2.05) is 39.0 Å². The van der Waals surface area contributed by atoms with Gasteiger partial charge < -0.3 is 20.5 Å². The first-order valence-corrected chi connectivity index (χ1v) is 8.04. The number of nitrogens with one attached hydrogen (secondary N) is 1. The molecule has 0 spiro atoms. The third-order valence-corrected chi connectivity index (χ3v) is 3.26. The van der Waals surface area contributed by atoms with Gasteiger partial charge in [-0.25, -0.2) is 0 Å². The van der Waals surface area contributed by atoms with Crippen LogP contribution in [-0.4, -0.2) is 31.7 Å². The Hall–Kier alpha value is -1.75. The molecule has 1 aromatic rings. The summed E-state index contributed by atoms with van der Waals surface area (Å²) in [6.07, 6.45) is 2.35. The van der Waals surface area contributed by atoms with Gasteiger partial charge in [-0.05, 0) is 44.4 Å². The van der Waals surface area contributed by atoms with Crippen molar-refractivity contribution < 1.29 is 14.3 Å². The standard InChI is InChI=1S/C17H28N2O3/c1-4-7-14(18)17(20)19-11-10-13-8-9-15(21-5-2)16(12-13)22-6-3/h8-9,12,14H,4-7,10-11,18H2,1-3H3,(H,19,20). The molecule has 0 aliphatic rings. The molecule has 0 aliphatic carbocycles. The van der Waals surface area contributed by atoms with E-state index in [1.54, 1.807) is 0 Å². The largest absolute Gasteiger partial charge is 0.490 e. The maximum atomic E-state index is 11.8. The van der Waals surface area contributed by atoms with Gasteiger partial charge in [0.2, 0.25) is 5.91 Å². The molecule has 0 bridgehead atoms. The summed E-state index contributed by atoms with van der Waals surface area (Å²) < 4.78 is 11.1. The van der Waals surface area contributed by atoms with E-state index >= 15 is 0 Å². The predicted octanol–water partition coefficient (Wildman–Crippen LogP) is 2.27. The zero-order valence-corrected chi connectivity index (χ0v) is 13.9. The first kappa shape index (κ1) is 18.3. The van der Waals surface area contributed by atoms with E-state index in [0.717, 1.165) is 29.9 Å². The summed E-state index contributed by atoms with van der Waals surface area (Å²) in [5.74, 6) is 1.41. The third kappa shape index (κ3) is 5.93.